The van der Waals surface area contributed by atoms with Gasteiger partial charge in [-0.3, -0.25) is 4.90 Å². The molecule has 22 heavy (non-hydrogen) atoms. The first-order valence-corrected chi connectivity index (χ1v) is 8.36. The van der Waals surface area contributed by atoms with E-state index in [1.165, 1.54) is 0 Å². The number of hydrogen-bond donors (Lipinski definition) is 0. The van der Waals surface area contributed by atoms with Gasteiger partial charge in [0.15, 0.2) is 10.8 Å². The zero-order chi connectivity index (χ0) is 15.5. The molecule has 0 aliphatic rings. The quantitative estimate of drug-likeness (QED) is 0.620. The van der Waals surface area contributed by atoms with Crippen LogP contribution in [0.2, 0.25) is 10.0 Å². The molecule has 114 valence electrons. The molecule has 1 aromatic carbocycles. The highest BCUT2D eigenvalue weighted by molar-refractivity contribution is 7.13. The van der Waals surface area contributed by atoms with Crippen molar-refractivity contribution in [3.63, 3.8) is 0 Å². The highest BCUT2D eigenvalue weighted by Crippen LogP contribution is 2.25. The molecular weight excluding hydrogens is 339 g/mol. The Morgan fingerprint density at radius 2 is 2.05 bits per heavy atom. The van der Waals surface area contributed by atoms with E-state index in [-0.39, 0.29) is 0 Å². The minimum Gasteiger partial charge on any atom is -0.462 e. The number of hydrogen-bond acceptors (Lipinski definition) is 4. The summed E-state index contributed by atoms with van der Waals surface area (Å²) in [4.78, 5) is 6.78. The van der Waals surface area contributed by atoms with Gasteiger partial charge in [0, 0.05) is 18.5 Å². The zero-order valence-electron chi connectivity index (χ0n) is 11.9. The minimum absolute atomic E-state index is 0.579. The van der Waals surface area contributed by atoms with E-state index in [0.717, 1.165) is 35.1 Å². The second kappa shape index (κ2) is 6.84. The first kappa shape index (κ1) is 15.6. The summed E-state index contributed by atoms with van der Waals surface area (Å²) in [6.07, 6.45) is 1.66. The molecule has 0 spiro atoms. The van der Waals surface area contributed by atoms with Crippen LogP contribution in [0.1, 0.15) is 11.3 Å². The lowest BCUT2D eigenvalue weighted by atomic mass is 10.2. The summed E-state index contributed by atoms with van der Waals surface area (Å²) in [7, 11) is 2.05. The van der Waals surface area contributed by atoms with Crippen molar-refractivity contribution >= 4 is 34.5 Å². The van der Waals surface area contributed by atoms with Crippen molar-refractivity contribution in [2.75, 3.05) is 7.05 Å². The average Bonchev–Trinajstić information content (AvgIpc) is 3.13. The molecule has 0 N–H and O–H groups in total. The van der Waals surface area contributed by atoms with E-state index in [1.807, 2.05) is 30.3 Å². The lowest BCUT2D eigenvalue weighted by Gasteiger charge is -2.15. The molecular formula is C16H14Cl2N2OS. The molecule has 0 aliphatic heterocycles. The van der Waals surface area contributed by atoms with Crippen LogP contribution in [-0.4, -0.2) is 16.9 Å². The summed E-state index contributed by atoms with van der Waals surface area (Å²) in [6, 6.07) is 9.50. The van der Waals surface area contributed by atoms with E-state index in [4.69, 9.17) is 27.6 Å². The van der Waals surface area contributed by atoms with Crippen LogP contribution >= 0.6 is 34.5 Å². The molecule has 2 aromatic heterocycles. The van der Waals surface area contributed by atoms with Gasteiger partial charge in [0.25, 0.3) is 0 Å². The highest BCUT2D eigenvalue weighted by Gasteiger charge is 2.10. The standard InChI is InChI=1S/C16H14Cl2N2OS/c1-20(8-11-4-5-13(17)14(18)7-11)9-12-10-22-16(19-12)15-3-2-6-21-15/h2-7,10H,8-9H2,1H3. The zero-order valence-corrected chi connectivity index (χ0v) is 14.3. The molecule has 0 unspecified atom stereocenters. The molecule has 0 saturated carbocycles. The van der Waals surface area contributed by atoms with Crippen molar-refractivity contribution in [3.05, 3.63) is 63.3 Å². The normalized spacial score (nSPS) is 11.3. The third-order valence-corrected chi connectivity index (χ3v) is 4.80. The Kier molecular flexibility index (Phi) is 4.84. The first-order chi connectivity index (χ1) is 10.6. The molecule has 0 atom stereocenters. The summed E-state index contributed by atoms with van der Waals surface area (Å²) in [5.41, 5.74) is 2.15. The average molecular weight is 353 g/mol. The molecule has 0 amide bonds. The molecule has 0 aliphatic carbocycles. The summed E-state index contributed by atoms with van der Waals surface area (Å²) < 4.78 is 5.37. The van der Waals surface area contributed by atoms with Crippen molar-refractivity contribution in [1.82, 2.24) is 9.88 Å². The second-order valence-electron chi connectivity index (χ2n) is 5.04. The van der Waals surface area contributed by atoms with Crippen molar-refractivity contribution in [2.45, 2.75) is 13.1 Å². The Hall–Kier alpha value is -1.33. The Balaban J connectivity index is 1.64. The lowest BCUT2D eigenvalue weighted by Crippen LogP contribution is -2.17. The van der Waals surface area contributed by atoms with Crippen LogP contribution in [-0.2, 0) is 13.1 Å². The van der Waals surface area contributed by atoms with Gasteiger partial charge in [-0.1, -0.05) is 29.3 Å². The summed E-state index contributed by atoms with van der Waals surface area (Å²) >= 11 is 13.6. The van der Waals surface area contributed by atoms with Gasteiger partial charge in [-0.05, 0) is 36.9 Å². The van der Waals surface area contributed by atoms with Crippen LogP contribution in [0.5, 0.6) is 0 Å². The Morgan fingerprint density at radius 3 is 2.77 bits per heavy atom. The monoisotopic (exact) mass is 352 g/mol. The number of rotatable bonds is 5. The molecule has 0 fully saturated rings. The van der Waals surface area contributed by atoms with Gasteiger partial charge in [-0.15, -0.1) is 11.3 Å². The van der Waals surface area contributed by atoms with Crippen LogP contribution in [0.15, 0.2) is 46.4 Å². The summed E-state index contributed by atoms with van der Waals surface area (Å²) in [5, 5.41) is 4.13. The maximum atomic E-state index is 6.05. The van der Waals surface area contributed by atoms with Crippen LogP contribution in [0.3, 0.4) is 0 Å². The second-order valence-corrected chi connectivity index (χ2v) is 6.71. The predicted molar refractivity (Wildman–Crippen MR) is 91.4 cm³/mol. The van der Waals surface area contributed by atoms with Crippen LogP contribution < -0.4 is 0 Å². The molecule has 6 heteroatoms. The fourth-order valence-electron chi connectivity index (χ4n) is 2.18. The van der Waals surface area contributed by atoms with Gasteiger partial charge in [-0.25, -0.2) is 4.98 Å². The minimum atomic E-state index is 0.579. The molecule has 3 nitrogen and oxygen atoms in total. The largest absolute Gasteiger partial charge is 0.462 e. The summed E-state index contributed by atoms with van der Waals surface area (Å²) in [6.45, 7) is 1.54. The van der Waals surface area contributed by atoms with Crippen LogP contribution in [0, 0.1) is 0 Å². The molecule has 0 bridgehead atoms. The van der Waals surface area contributed by atoms with Crippen molar-refractivity contribution in [2.24, 2.45) is 0 Å². The number of thiazole rings is 1. The Morgan fingerprint density at radius 1 is 1.18 bits per heavy atom. The molecule has 3 rings (SSSR count). The third-order valence-electron chi connectivity index (χ3n) is 3.15. The predicted octanol–water partition coefficient (Wildman–Crippen LogP) is 5.34. The fraction of sp³-hybridized carbons (Fsp3) is 0.188. The number of halogens is 2. The Bertz CT molecular complexity index is 755. The van der Waals surface area contributed by atoms with E-state index >= 15 is 0 Å². The van der Waals surface area contributed by atoms with Crippen molar-refractivity contribution in [3.8, 4) is 10.8 Å². The number of benzene rings is 1. The van der Waals surface area contributed by atoms with Crippen molar-refractivity contribution < 1.29 is 4.42 Å². The summed E-state index contributed by atoms with van der Waals surface area (Å²) in [5.74, 6) is 0.809. The molecule has 2 heterocycles. The molecule has 0 saturated heterocycles. The van der Waals surface area contributed by atoms with E-state index < -0.39 is 0 Å². The fourth-order valence-corrected chi connectivity index (χ4v) is 3.27. The van der Waals surface area contributed by atoms with E-state index in [2.05, 4.69) is 22.3 Å². The number of furan rings is 1. The van der Waals surface area contributed by atoms with E-state index in [9.17, 15) is 0 Å². The SMILES string of the molecule is CN(Cc1ccc(Cl)c(Cl)c1)Cc1csc(-c2ccco2)n1. The van der Waals surface area contributed by atoms with Gasteiger partial charge in [0.2, 0.25) is 0 Å². The van der Waals surface area contributed by atoms with Gasteiger partial charge in [0.1, 0.15) is 0 Å². The maximum Gasteiger partial charge on any atom is 0.162 e. The van der Waals surface area contributed by atoms with Gasteiger partial charge in [0.05, 0.1) is 22.0 Å². The smallest absolute Gasteiger partial charge is 0.162 e. The molecule has 3 aromatic rings. The molecule has 0 radical (unpaired) electrons. The topological polar surface area (TPSA) is 29.3 Å². The Labute approximate surface area is 143 Å². The van der Waals surface area contributed by atoms with E-state index in [0.29, 0.717) is 10.0 Å². The number of aromatic nitrogens is 1. The van der Waals surface area contributed by atoms with Gasteiger partial charge < -0.3 is 4.42 Å². The number of nitrogens with zero attached hydrogens (tertiary/aromatic N) is 2. The van der Waals surface area contributed by atoms with Crippen LogP contribution in [0.4, 0.5) is 0 Å². The van der Waals surface area contributed by atoms with Crippen LogP contribution in [0.25, 0.3) is 10.8 Å². The lowest BCUT2D eigenvalue weighted by molar-refractivity contribution is 0.316. The van der Waals surface area contributed by atoms with E-state index in [1.54, 1.807) is 17.6 Å². The van der Waals surface area contributed by atoms with Gasteiger partial charge in [-0.2, -0.15) is 0 Å². The third kappa shape index (κ3) is 3.70. The maximum absolute atomic E-state index is 6.05. The first-order valence-electron chi connectivity index (χ1n) is 6.72. The van der Waals surface area contributed by atoms with Crippen molar-refractivity contribution in [1.29, 1.82) is 0 Å². The highest BCUT2D eigenvalue weighted by atomic mass is 35.5. The van der Waals surface area contributed by atoms with Gasteiger partial charge >= 0.3 is 0 Å².